The molecule has 0 aromatic heterocycles. The van der Waals surface area contributed by atoms with Crippen LogP contribution >= 0.6 is 0 Å². The van der Waals surface area contributed by atoms with Crippen molar-refractivity contribution in [3.63, 3.8) is 0 Å². The van der Waals surface area contributed by atoms with Gasteiger partial charge < -0.3 is 14.4 Å². The van der Waals surface area contributed by atoms with E-state index in [9.17, 15) is 4.79 Å². The number of carbonyl (C=O) groups is 1. The molecule has 1 atom stereocenters. The van der Waals surface area contributed by atoms with Crippen LogP contribution in [0.4, 0.5) is 0 Å². The van der Waals surface area contributed by atoms with E-state index < -0.39 is 0 Å². The van der Waals surface area contributed by atoms with Crippen molar-refractivity contribution in [2.24, 2.45) is 0 Å². The molecule has 0 saturated carbocycles. The Kier molecular flexibility index (Phi) is 4.85. The van der Waals surface area contributed by atoms with Gasteiger partial charge >= 0.3 is 0 Å². The van der Waals surface area contributed by atoms with Crippen molar-refractivity contribution in [3.05, 3.63) is 65.2 Å². The number of rotatable bonds is 5. The van der Waals surface area contributed by atoms with Crippen LogP contribution in [-0.4, -0.2) is 32.1 Å². The van der Waals surface area contributed by atoms with Crippen molar-refractivity contribution in [3.8, 4) is 11.5 Å². The Bertz CT molecular complexity index is 740. The summed E-state index contributed by atoms with van der Waals surface area (Å²) in [6, 6.07) is 14.0. The first-order valence-corrected chi connectivity index (χ1v) is 7.96. The molecule has 3 rings (SSSR count). The fourth-order valence-electron chi connectivity index (χ4n) is 3.09. The zero-order chi connectivity index (χ0) is 16.9. The van der Waals surface area contributed by atoms with Gasteiger partial charge in [-0.3, -0.25) is 4.79 Å². The Hall–Kier alpha value is -2.75. The average Bonchev–Trinajstić information content (AvgIpc) is 2.65. The third-order valence-corrected chi connectivity index (χ3v) is 4.37. The van der Waals surface area contributed by atoms with E-state index in [1.807, 2.05) is 53.4 Å². The highest BCUT2D eigenvalue weighted by Gasteiger charge is 2.26. The third kappa shape index (κ3) is 3.13. The predicted molar refractivity (Wildman–Crippen MR) is 94.2 cm³/mol. The molecule has 0 fully saturated rings. The van der Waals surface area contributed by atoms with Gasteiger partial charge in [0.25, 0.3) is 0 Å². The minimum atomic E-state index is -0.105. The Balaban J connectivity index is 2.01. The molecule has 0 saturated heterocycles. The normalized spacial score (nSPS) is 16.8. The van der Waals surface area contributed by atoms with Crippen molar-refractivity contribution in [1.82, 2.24) is 4.90 Å². The number of nitrogens with zero attached hydrogens (tertiary/aromatic N) is 1. The van der Waals surface area contributed by atoms with Gasteiger partial charge in [-0.15, -0.1) is 0 Å². The molecule has 24 heavy (non-hydrogen) atoms. The van der Waals surface area contributed by atoms with Crippen LogP contribution in [-0.2, 0) is 11.2 Å². The molecule has 0 bridgehead atoms. The third-order valence-electron chi connectivity index (χ3n) is 4.37. The van der Waals surface area contributed by atoms with Gasteiger partial charge in [-0.05, 0) is 35.2 Å². The zero-order valence-corrected chi connectivity index (χ0v) is 13.9. The Morgan fingerprint density at radius 3 is 2.46 bits per heavy atom. The quantitative estimate of drug-likeness (QED) is 0.791. The first-order valence-electron chi connectivity index (χ1n) is 7.96. The second-order valence-electron chi connectivity index (χ2n) is 5.71. The van der Waals surface area contributed by atoms with E-state index in [1.165, 1.54) is 5.56 Å². The lowest BCUT2D eigenvalue weighted by molar-refractivity contribution is -0.119. The van der Waals surface area contributed by atoms with Crippen LogP contribution in [0, 0.1) is 0 Å². The van der Waals surface area contributed by atoms with Gasteiger partial charge in [0, 0.05) is 6.54 Å². The lowest BCUT2D eigenvalue weighted by Gasteiger charge is -2.33. The molecule has 1 unspecified atom stereocenters. The minimum absolute atomic E-state index is 0.105. The topological polar surface area (TPSA) is 38.8 Å². The number of hydrogen-bond donors (Lipinski definition) is 0. The average molecular weight is 323 g/mol. The van der Waals surface area contributed by atoms with Crippen molar-refractivity contribution in [2.75, 3.05) is 20.8 Å². The van der Waals surface area contributed by atoms with Crippen LogP contribution in [0.2, 0.25) is 0 Å². The highest BCUT2D eigenvalue weighted by molar-refractivity contribution is 5.59. The lowest BCUT2D eigenvalue weighted by atomic mass is 9.91. The Morgan fingerprint density at radius 1 is 1.08 bits per heavy atom. The van der Waals surface area contributed by atoms with Gasteiger partial charge in [-0.1, -0.05) is 42.5 Å². The van der Waals surface area contributed by atoms with Crippen molar-refractivity contribution < 1.29 is 14.3 Å². The molecule has 4 nitrogen and oxygen atoms in total. The van der Waals surface area contributed by atoms with Gasteiger partial charge in [0.05, 0.1) is 20.3 Å². The molecule has 1 amide bonds. The summed E-state index contributed by atoms with van der Waals surface area (Å²) in [5.74, 6) is 1.41. The summed E-state index contributed by atoms with van der Waals surface area (Å²) in [7, 11) is 3.26. The maximum absolute atomic E-state index is 11.5. The maximum atomic E-state index is 11.5. The zero-order valence-electron chi connectivity index (χ0n) is 13.9. The number of fused-ring (bicyclic) bond motifs is 1. The minimum Gasteiger partial charge on any atom is -0.493 e. The van der Waals surface area contributed by atoms with Crippen LogP contribution in [0.25, 0.3) is 6.08 Å². The van der Waals surface area contributed by atoms with E-state index in [0.717, 1.165) is 29.7 Å². The van der Waals surface area contributed by atoms with Gasteiger partial charge in [0.2, 0.25) is 6.41 Å². The van der Waals surface area contributed by atoms with Gasteiger partial charge in [-0.2, -0.15) is 0 Å². The first-order chi connectivity index (χ1) is 11.8. The molecule has 0 N–H and O–H groups in total. The van der Waals surface area contributed by atoms with Crippen LogP contribution < -0.4 is 9.47 Å². The highest BCUT2D eigenvalue weighted by atomic mass is 16.5. The summed E-state index contributed by atoms with van der Waals surface area (Å²) in [5.41, 5.74) is 3.38. The molecular weight excluding hydrogens is 302 g/mol. The van der Waals surface area contributed by atoms with Crippen LogP contribution in [0.15, 0.2) is 48.5 Å². The summed E-state index contributed by atoms with van der Waals surface area (Å²) >= 11 is 0. The van der Waals surface area contributed by atoms with Crippen molar-refractivity contribution >= 4 is 12.5 Å². The van der Waals surface area contributed by atoms with Gasteiger partial charge in [0.1, 0.15) is 0 Å². The molecule has 2 aromatic carbocycles. The number of benzene rings is 2. The van der Waals surface area contributed by atoms with Crippen LogP contribution in [0.3, 0.4) is 0 Å². The smallest absolute Gasteiger partial charge is 0.210 e. The highest BCUT2D eigenvalue weighted by Crippen LogP contribution is 2.38. The Labute approximate surface area is 142 Å². The van der Waals surface area contributed by atoms with E-state index in [4.69, 9.17) is 9.47 Å². The summed E-state index contributed by atoms with van der Waals surface area (Å²) in [5, 5.41) is 0. The lowest BCUT2D eigenvalue weighted by Crippen LogP contribution is -2.33. The number of amides is 1. The van der Waals surface area contributed by atoms with E-state index in [1.54, 1.807) is 14.2 Å². The second-order valence-corrected chi connectivity index (χ2v) is 5.71. The van der Waals surface area contributed by atoms with Crippen molar-refractivity contribution in [1.29, 1.82) is 0 Å². The standard InChI is InChI=1S/C20H21NO3/c1-23-19-12-16-10-11-21(14-22)18(17(16)13-20(19)24-2)9-8-15-6-4-3-5-7-15/h3-9,12-14,18H,10-11H2,1-2H3/b9-8+. The van der Waals surface area contributed by atoms with Gasteiger partial charge in [-0.25, -0.2) is 0 Å². The summed E-state index contributed by atoms with van der Waals surface area (Å²) in [6.45, 7) is 0.690. The molecule has 0 aliphatic carbocycles. The van der Waals surface area contributed by atoms with E-state index >= 15 is 0 Å². The molecule has 4 heteroatoms. The fraction of sp³-hybridized carbons (Fsp3) is 0.250. The Morgan fingerprint density at radius 2 is 1.79 bits per heavy atom. The SMILES string of the molecule is COc1cc2c(cc1OC)C(/C=C/c1ccccc1)N(C=O)CC2. The number of methoxy groups -OCH3 is 2. The second kappa shape index (κ2) is 7.21. The molecule has 0 radical (unpaired) electrons. The van der Waals surface area contributed by atoms with Crippen LogP contribution in [0.5, 0.6) is 11.5 Å². The molecule has 0 spiro atoms. The van der Waals surface area contributed by atoms with Crippen LogP contribution in [0.1, 0.15) is 22.7 Å². The molecule has 2 aromatic rings. The molecule has 1 heterocycles. The van der Waals surface area contributed by atoms with E-state index in [0.29, 0.717) is 12.3 Å². The fourth-order valence-corrected chi connectivity index (χ4v) is 3.09. The maximum Gasteiger partial charge on any atom is 0.210 e. The van der Waals surface area contributed by atoms with E-state index in [2.05, 4.69) is 6.08 Å². The number of ether oxygens (including phenoxy) is 2. The molecule has 1 aliphatic heterocycles. The van der Waals surface area contributed by atoms with Crippen molar-refractivity contribution in [2.45, 2.75) is 12.5 Å². The van der Waals surface area contributed by atoms with E-state index in [-0.39, 0.29) is 6.04 Å². The largest absolute Gasteiger partial charge is 0.493 e. The predicted octanol–water partition coefficient (Wildman–Crippen LogP) is 3.47. The number of carbonyl (C=O) groups excluding carboxylic acids is 1. The summed E-state index contributed by atoms with van der Waals surface area (Å²) in [4.78, 5) is 13.3. The summed E-state index contributed by atoms with van der Waals surface area (Å²) < 4.78 is 10.8. The molecule has 124 valence electrons. The monoisotopic (exact) mass is 323 g/mol. The summed E-state index contributed by atoms with van der Waals surface area (Å²) in [6.07, 6.45) is 5.84. The number of hydrogen-bond acceptors (Lipinski definition) is 3. The first kappa shape index (κ1) is 16.1. The molecule has 1 aliphatic rings. The van der Waals surface area contributed by atoms with Gasteiger partial charge in [0.15, 0.2) is 11.5 Å². The molecular formula is C20H21NO3.